The first kappa shape index (κ1) is 21.8. The zero-order valence-corrected chi connectivity index (χ0v) is 17.6. The molecule has 4 rings (SSSR count). The maximum atomic E-state index is 12.6. The molecule has 0 bridgehead atoms. The zero-order valence-electron chi connectivity index (χ0n) is 16.8. The summed E-state index contributed by atoms with van der Waals surface area (Å²) in [4.78, 5) is 7.74. The van der Waals surface area contributed by atoms with Crippen LogP contribution in [0.3, 0.4) is 0 Å². The van der Waals surface area contributed by atoms with Gasteiger partial charge in [0.25, 0.3) is 0 Å². The van der Waals surface area contributed by atoms with Gasteiger partial charge in [0.1, 0.15) is 18.2 Å². The highest BCUT2D eigenvalue weighted by Gasteiger charge is 2.30. The number of nitrogens with zero attached hydrogens (tertiary/aromatic N) is 1. The number of nitrogens with one attached hydrogen (secondary N) is 2. The summed E-state index contributed by atoms with van der Waals surface area (Å²) in [6, 6.07) is 16.5. The first-order valence-electron chi connectivity index (χ1n) is 9.48. The van der Waals surface area contributed by atoms with Crippen LogP contribution in [0.15, 0.2) is 71.6 Å². The van der Waals surface area contributed by atoms with Gasteiger partial charge >= 0.3 is 6.18 Å². The van der Waals surface area contributed by atoms with E-state index in [0.717, 1.165) is 28.8 Å². The largest absolute Gasteiger partial charge is 0.486 e. The third-order valence-electron chi connectivity index (χ3n) is 4.85. The topological polar surface area (TPSA) is 84.1 Å². The lowest BCUT2D eigenvalue weighted by Gasteiger charge is -2.08. The number of imidazole rings is 1. The number of alkyl halides is 3. The van der Waals surface area contributed by atoms with Gasteiger partial charge in [-0.25, -0.2) is 18.1 Å². The highest BCUT2D eigenvalue weighted by Crippen LogP contribution is 2.30. The number of rotatable bonds is 6. The fraction of sp³-hybridized carbons (Fsp3) is 0.136. The molecule has 0 unspecified atom stereocenters. The highest BCUT2D eigenvalue weighted by molar-refractivity contribution is 7.89. The van der Waals surface area contributed by atoms with Crippen LogP contribution < -0.4 is 9.46 Å². The first-order chi connectivity index (χ1) is 15.2. The normalized spacial score (nSPS) is 12.2. The fourth-order valence-corrected chi connectivity index (χ4v) is 3.88. The highest BCUT2D eigenvalue weighted by atomic mass is 32.2. The molecule has 0 saturated carbocycles. The molecule has 0 aliphatic rings. The Kier molecular flexibility index (Phi) is 5.66. The molecule has 166 valence electrons. The number of aromatic amines is 1. The Morgan fingerprint density at radius 2 is 1.62 bits per heavy atom. The van der Waals surface area contributed by atoms with E-state index < -0.39 is 21.8 Å². The second-order valence-corrected chi connectivity index (χ2v) is 8.84. The maximum Gasteiger partial charge on any atom is 0.416 e. The average molecular weight is 461 g/mol. The van der Waals surface area contributed by atoms with Crippen molar-refractivity contribution in [2.24, 2.45) is 0 Å². The number of hydrogen-bond acceptors (Lipinski definition) is 4. The summed E-state index contributed by atoms with van der Waals surface area (Å²) in [5.74, 6) is 0.822. The van der Waals surface area contributed by atoms with Crippen molar-refractivity contribution in [3.63, 3.8) is 0 Å². The molecule has 1 heterocycles. The maximum absolute atomic E-state index is 12.6. The molecule has 0 atom stereocenters. The van der Waals surface area contributed by atoms with E-state index in [1.165, 1.54) is 31.3 Å². The van der Waals surface area contributed by atoms with Crippen LogP contribution in [0.5, 0.6) is 5.75 Å². The van der Waals surface area contributed by atoms with Gasteiger partial charge in [-0.1, -0.05) is 18.2 Å². The van der Waals surface area contributed by atoms with Gasteiger partial charge in [0, 0.05) is 0 Å². The summed E-state index contributed by atoms with van der Waals surface area (Å²) >= 11 is 0. The van der Waals surface area contributed by atoms with Crippen LogP contribution in [0.1, 0.15) is 11.4 Å². The van der Waals surface area contributed by atoms with E-state index >= 15 is 0 Å². The van der Waals surface area contributed by atoms with Crippen molar-refractivity contribution in [2.75, 3.05) is 7.05 Å². The van der Waals surface area contributed by atoms with Crippen LogP contribution >= 0.6 is 0 Å². The minimum Gasteiger partial charge on any atom is -0.486 e. The lowest BCUT2D eigenvalue weighted by molar-refractivity contribution is -0.137. The van der Waals surface area contributed by atoms with E-state index in [0.29, 0.717) is 17.1 Å². The Morgan fingerprint density at radius 1 is 0.969 bits per heavy atom. The summed E-state index contributed by atoms with van der Waals surface area (Å²) in [6.07, 6.45) is -4.39. The molecule has 10 heteroatoms. The van der Waals surface area contributed by atoms with Gasteiger partial charge in [0.2, 0.25) is 10.0 Å². The van der Waals surface area contributed by atoms with Crippen molar-refractivity contribution in [2.45, 2.75) is 17.7 Å². The second-order valence-electron chi connectivity index (χ2n) is 6.96. The number of H-pyrrole nitrogens is 1. The molecule has 2 N–H and O–H groups in total. The van der Waals surface area contributed by atoms with Crippen molar-refractivity contribution < 1.29 is 26.3 Å². The van der Waals surface area contributed by atoms with Gasteiger partial charge in [0.15, 0.2) is 0 Å². The Morgan fingerprint density at radius 3 is 2.25 bits per heavy atom. The minimum atomic E-state index is -4.39. The molecule has 4 aromatic rings. The molecule has 0 aliphatic heterocycles. The van der Waals surface area contributed by atoms with Gasteiger partial charge < -0.3 is 9.72 Å². The Balaban J connectivity index is 1.49. The SMILES string of the molecule is CNS(=O)(=O)c1ccc(-c2ccc3nc(COc4ccc(C(F)(F)F)cc4)[nH]c3c2)cc1. The van der Waals surface area contributed by atoms with Crippen molar-refractivity contribution in [1.82, 2.24) is 14.7 Å². The molecule has 1 aromatic heterocycles. The van der Waals surface area contributed by atoms with Crippen LogP contribution in [0.4, 0.5) is 13.2 Å². The smallest absolute Gasteiger partial charge is 0.416 e. The molecule has 32 heavy (non-hydrogen) atoms. The average Bonchev–Trinajstić information content (AvgIpc) is 3.19. The molecular formula is C22H18F3N3O3S. The summed E-state index contributed by atoms with van der Waals surface area (Å²) in [6.45, 7) is 0.0615. The molecule has 6 nitrogen and oxygen atoms in total. The number of sulfonamides is 1. The van der Waals surface area contributed by atoms with Crippen molar-refractivity contribution in [3.8, 4) is 16.9 Å². The predicted molar refractivity (Wildman–Crippen MR) is 114 cm³/mol. The third-order valence-corrected chi connectivity index (χ3v) is 6.29. The Hall–Kier alpha value is -3.37. The van der Waals surface area contributed by atoms with Crippen LogP contribution in [0, 0.1) is 0 Å². The molecule has 3 aromatic carbocycles. The van der Waals surface area contributed by atoms with Gasteiger partial charge in [-0.15, -0.1) is 0 Å². The molecule has 0 fully saturated rings. The third kappa shape index (κ3) is 4.61. The Bertz CT molecular complexity index is 1350. The van der Waals surface area contributed by atoms with E-state index in [2.05, 4.69) is 14.7 Å². The van der Waals surface area contributed by atoms with E-state index in [1.54, 1.807) is 12.1 Å². The standard InChI is InChI=1S/C22H18F3N3O3S/c1-26-32(29,30)18-9-2-14(3-10-18)15-4-11-19-20(12-15)28-21(27-19)13-31-17-7-5-16(6-8-17)22(23,24)25/h2-12,26H,13H2,1H3,(H,27,28). The summed E-state index contributed by atoms with van der Waals surface area (Å²) < 4.78 is 69.5. The Labute approximate surface area is 182 Å². The first-order valence-corrected chi connectivity index (χ1v) is 11.0. The minimum absolute atomic E-state index is 0.0615. The van der Waals surface area contributed by atoms with Crippen LogP contribution in [0.25, 0.3) is 22.2 Å². The lowest BCUT2D eigenvalue weighted by Crippen LogP contribution is -2.18. The monoisotopic (exact) mass is 461 g/mol. The quantitative estimate of drug-likeness (QED) is 0.435. The second kappa shape index (κ2) is 8.29. The number of fused-ring (bicyclic) bond motifs is 1. The van der Waals surface area contributed by atoms with E-state index in [4.69, 9.17) is 4.74 Å². The number of benzene rings is 3. The van der Waals surface area contributed by atoms with E-state index in [1.807, 2.05) is 18.2 Å². The predicted octanol–water partition coefficient (Wildman–Crippen LogP) is 4.74. The van der Waals surface area contributed by atoms with Gasteiger partial charge in [-0.2, -0.15) is 13.2 Å². The van der Waals surface area contributed by atoms with E-state index in [9.17, 15) is 21.6 Å². The summed E-state index contributed by atoms with van der Waals surface area (Å²) in [5, 5.41) is 0. The van der Waals surface area contributed by atoms with E-state index in [-0.39, 0.29) is 11.5 Å². The summed E-state index contributed by atoms with van der Waals surface area (Å²) in [5.41, 5.74) is 2.41. The molecule has 0 amide bonds. The summed E-state index contributed by atoms with van der Waals surface area (Å²) in [7, 11) is -2.15. The molecule has 0 spiro atoms. The molecule has 0 saturated heterocycles. The molecular weight excluding hydrogens is 443 g/mol. The zero-order chi connectivity index (χ0) is 22.9. The molecule has 0 radical (unpaired) electrons. The fourth-order valence-electron chi connectivity index (χ4n) is 3.15. The number of halogens is 3. The van der Waals surface area contributed by atoms with Gasteiger partial charge in [-0.3, -0.25) is 0 Å². The van der Waals surface area contributed by atoms with Crippen LogP contribution in [-0.2, 0) is 22.8 Å². The molecule has 0 aliphatic carbocycles. The van der Waals surface area contributed by atoms with Crippen molar-refractivity contribution >= 4 is 21.1 Å². The lowest BCUT2D eigenvalue weighted by atomic mass is 10.1. The number of aromatic nitrogens is 2. The van der Waals surface area contributed by atoms with Crippen LogP contribution in [0.2, 0.25) is 0 Å². The van der Waals surface area contributed by atoms with Gasteiger partial charge in [-0.05, 0) is 66.7 Å². The number of ether oxygens (including phenoxy) is 1. The van der Waals surface area contributed by atoms with Crippen LogP contribution in [-0.4, -0.2) is 25.4 Å². The van der Waals surface area contributed by atoms with Crippen molar-refractivity contribution in [3.05, 3.63) is 78.1 Å². The van der Waals surface area contributed by atoms with Crippen molar-refractivity contribution in [1.29, 1.82) is 0 Å². The van der Waals surface area contributed by atoms with Gasteiger partial charge in [0.05, 0.1) is 21.5 Å². The number of hydrogen-bond donors (Lipinski definition) is 2.